The molecule has 0 aliphatic carbocycles. The Balaban J connectivity index is 1.95. The molecule has 0 aromatic heterocycles. The summed E-state index contributed by atoms with van der Waals surface area (Å²) in [5.41, 5.74) is 2.03. The number of thioether (sulfide) groups is 1. The van der Waals surface area contributed by atoms with E-state index in [1.54, 1.807) is 18.7 Å². The number of rotatable bonds is 6. The molecule has 3 rings (SSSR count). The molecule has 27 heavy (non-hydrogen) atoms. The first-order chi connectivity index (χ1) is 13.1. The normalized spacial score (nSPS) is 20.8. The van der Waals surface area contributed by atoms with E-state index in [9.17, 15) is 9.59 Å². The molecule has 6 nitrogen and oxygen atoms in total. The van der Waals surface area contributed by atoms with Crippen LogP contribution >= 0.6 is 11.8 Å². The highest BCUT2D eigenvalue weighted by molar-refractivity contribution is 7.98. The van der Waals surface area contributed by atoms with Crippen molar-refractivity contribution in [3.05, 3.63) is 41.1 Å². The van der Waals surface area contributed by atoms with Crippen molar-refractivity contribution in [3.63, 3.8) is 0 Å². The van der Waals surface area contributed by atoms with E-state index in [1.165, 1.54) is 6.42 Å². The second-order valence-electron chi connectivity index (χ2n) is 6.75. The van der Waals surface area contributed by atoms with Crippen molar-refractivity contribution >= 4 is 23.8 Å². The third kappa shape index (κ3) is 4.84. The second kappa shape index (κ2) is 9.28. The lowest BCUT2D eigenvalue weighted by molar-refractivity contribution is -0.139. The van der Waals surface area contributed by atoms with Crippen molar-refractivity contribution in [1.82, 2.24) is 15.5 Å². The highest BCUT2D eigenvalue weighted by atomic mass is 32.2. The van der Waals surface area contributed by atoms with Crippen molar-refractivity contribution in [2.24, 2.45) is 0 Å². The van der Waals surface area contributed by atoms with Crippen molar-refractivity contribution in [1.29, 1.82) is 0 Å². The van der Waals surface area contributed by atoms with E-state index in [0.29, 0.717) is 24.4 Å². The van der Waals surface area contributed by atoms with E-state index in [1.807, 2.05) is 30.5 Å². The van der Waals surface area contributed by atoms with E-state index < -0.39 is 6.04 Å². The van der Waals surface area contributed by atoms with Gasteiger partial charge in [0.05, 0.1) is 18.2 Å². The molecule has 0 spiro atoms. The van der Waals surface area contributed by atoms with Gasteiger partial charge in [-0.05, 0) is 56.8 Å². The smallest absolute Gasteiger partial charge is 0.338 e. The van der Waals surface area contributed by atoms with Crippen molar-refractivity contribution in [2.45, 2.75) is 37.1 Å². The molecule has 2 aliphatic rings. The number of nitrogens with one attached hydrogen (secondary N) is 2. The molecule has 1 atom stereocenters. The van der Waals surface area contributed by atoms with Gasteiger partial charge in [-0.2, -0.15) is 0 Å². The van der Waals surface area contributed by atoms with Crippen LogP contribution in [0.1, 0.15) is 37.8 Å². The van der Waals surface area contributed by atoms with E-state index in [0.717, 1.165) is 36.4 Å². The van der Waals surface area contributed by atoms with E-state index in [4.69, 9.17) is 4.74 Å². The summed E-state index contributed by atoms with van der Waals surface area (Å²) in [6.07, 6.45) is 5.54. The van der Waals surface area contributed by atoms with E-state index in [2.05, 4.69) is 15.5 Å². The van der Waals surface area contributed by atoms with Crippen LogP contribution in [0.15, 0.2) is 40.4 Å². The van der Waals surface area contributed by atoms with Gasteiger partial charge in [0.1, 0.15) is 0 Å². The van der Waals surface area contributed by atoms with Gasteiger partial charge in [-0.15, -0.1) is 11.8 Å². The summed E-state index contributed by atoms with van der Waals surface area (Å²) in [5.74, 6) is -0.379. The summed E-state index contributed by atoms with van der Waals surface area (Å²) < 4.78 is 5.32. The SMILES string of the molecule is CCOC(=O)C1=C(CN2CCCCC2)NC(=O)N[C@@H]1c1ccc(SC)cc1. The third-order valence-electron chi connectivity index (χ3n) is 4.93. The summed E-state index contributed by atoms with van der Waals surface area (Å²) >= 11 is 1.65. The molecule has 1 aromatic rings. The predicted octanol–water partition coefficient (Wildman–Crippen LogP) is 3.07. The zero-order valence-corrected chi connectivity index (χ0v) is 16.7. The lowest BCUT2D eigenvalue weighted by atomic mass is 9.94. The lowest BCUT2D eigenvalue weighted by Crippen LogP contribution is -2.49. The molecular weight excluding hydrogens is 362 g/mol. The Morgan fingerprint density at radius 2 is 1.93 bits per heavy atom. The fraction of sp³-hybridized carbons (Fsp3) is 0.500. The standard InChI is InChI=1S/C20H27N3O3S/c1-3-26-19(24)17-16(13-23-11-5-4-6-12-23)21-20(25)22-18(17)14-7-9-15(27-2)10-8-14/h7-10,18H,3-6,11-13H2,1-2H3,(H2,21,22,25)/t18-/m1/s1. The molecule has 0 bridgehead atoms. The van der Waals surface area contributed by atoms with Crippen LogP contribution in [0.4, 0.5) is 4.79 Å². The largest absolute Gasteiger partial charge is 0.463 e. The molecule has 2 amide bonds. The minimum absolute atomic E-state index is 0.283. The van der Waals surface area contributed by atoms with Crippen LogP contribution in [0, 0.1) is 0 Å². The van der Waals surface area contributed by atoms with Gasteiger partial charge in [-0.25, -0.2) is 9.59 Å². The Morgan fingerprint density at radius 3 is 2.56 bits per heavy atom. The van der Waals surface area contributed by atoms with Crippen LogP contribution in [0.3, 0.4) is 0 Å². The highest BCUT2D eigenvalue weighted by Gasteiger charge is 2.34. The van der Waals surface area contributed by atoms with Gasteiger partial charge in [0.2, 0.25) is 0 Å². The van der Waals surface area contributed by atoms with Crippen LogP contribution < -0.4 is 10.6 Å². The Kier molecular flexibility index (Phi) is 6.79. The number of ether oxygens (including phenoxy) is 1. The highest BCUT2D eigenvalue weighted by Crippen LogP contribution is 2.29. The number of nitrogens with zero attached hydrogens (tertiary/aromatic N) is 1. The average molecular weight is 390 g/mol. The molecule has 1 aromatic carbocycles. The number of esters is 1. The molecule has 2 aliphatic heterocycles. The summed E-state index contributed by atoms with van der Waals surface area (Å²) in [7, 11) is 0. The minimum atomic E-state index is -0.506. The van der Waals surface area contributed by atoms with Gasteiger partial charge in [-0.3, -0.25) is 4.90 Å². The number of carbonyl (C=O) groups is 2. The number of hydrogen-bond donors (Lipinski definition) is 2. The van der Waals surface area contributed by atoms with Crippen LogP contribution in [0.25, 0.3) is 0 Å². The van der Waals surface area contributed by atoms with Crippen molar-refractivity contribution < 1.29 is 14.3 Å². The molecule has 1 saturated heterocycles. The number of likely N-dealkylation sites (tertiary alicyclic amines) is 1. The summed E-state index contributed by atoms with van der Waals surface area (Å²) in [6, 6.07) is 7.13. The van der Waals surface area contributed by atoms with Gasteiger partial charge in [-0.1, -0.05) is 18.6 Å². The molecule has 1 fully saturated rings. The summed E-state index contributed by atoms with van der Waals surface area (Å²) in [6.45, 7) is 4.61. The first-order valence-corrected chi connectivity index (χ1v) is 10.7. The summed E-state index contributed by atoms with van der Waals surface area (Å²) in [5, 5.41) is 5.75. The maximum atomic E-state index is 12.8. The number of amides is 2. The van der Waals surface area contributed by atoms with Crippen LogP contribution in [0.5, 0.6) is 0 Å². The zero-order chi connectivity index (χ0) is 19.2. The second-order valence-corrected chi connectivity index (χ2v) is 7.63. The van der Waals surface area contributed by atoms with Crippen molar-refractivity contribution in [2.75, 3.05) is 32.5 Å². The number of carbonyl (C=O) groups excluding carboxylic acids is 2. The van der Waals surface area contributed by atoms with Gasteiger partial charge >= 0.3 is 12.0 Å². The molecular formula is C20H27N3O3S. The molecule has 0 saturated carbocycles. The average Bonchev–Trinajstić information content (AvgIpc) is 2.68. The van der Waals surface area contributed by atoms with Crippen LogP contribution in [-0.4, -0.2) is 49.4 Å². The molecule has 2 N–H and O–H groups in total. The number of piperidine rings is 1. The Morgan fingerprint density at radius 1 is 1.22 bits per heavy atom. The first-order valence-electron chi connectivity index (χ1n) is 9.46. The zero-order valence-electron chi connectivity index (χ0n) is 15.9. The Hall–Kier alpha value is -1.99. The van der Waals surface area contributed by atoms with Gasteiger partial charge in [0.15, 0.2) is 0 Å². The van der Waals surface area contributed by atoms with Crippen LogP contribution in [-0.2, 0) is 9.53 Å². The van der Waals surface area contributed by atoms with Crippen molar-refractivity contribution in [3.8, 4) is 0 Å². The fourth-order valence-corrected chi connectivity index (χ4v) is 3.99. The quantitative estimate of drug-likeness (QED) is 0.578. The maximum Gasteiger partial charge on any atom is 0.338 e. The number of urea groups is 1. The molecule has 2 heterocycles. The molecule has 7 heteroatoms. The molecule has 0 radical (unpaired) electrons. The lowest BCUT2D eigenvalue weighted by Gasteiger charge is -2.33. The van der Waals surface area contributed by atoms with E-state index in [-0.39, 0.29) is 12.0 Å². The molecule has 146 valence electrons. The van der Waals surface area contributed by atoms with E-state index >= 15 is 0 Å². The topological polar surface area (TPSA) is 70.7 Å². The Bertz CT molecular complexity index is 712. The monoisotopic (exact) mass is 389 g/mol. The Labute approximate surface area is 164 Å². The minimum Gasteiger partial charge on any atom is -0.463 e. The van der Waals surface area contributed by atoms with Gasteiger partial charge in [0, 0.05) is 17.1 Å². The van der Waals surface area contributed by atoms with Crippen LogP contribution in [0.2, 0.25) is 0 Å². The first kappa shape index (κ1) is 19.8. The number of hydrogen-bond acceptors (Lipinski definition) is 5. The third-order valence-corrected chi connectivity index (χ3v) is 5.67. The summed E-state index contributed by atoms with van der Waals surface area (Å²) in [4.78, 5) is 28.5. The van der Waals surface area contributed by atoms with Gasteiger partial charge in [0.25, 0.3) is 0 Å². The predicted molar refractivity (Wildman–Crippen MR) is 107 cm³/mol. The van der Waals surface area contributed by atoms with Gasteiger partial charge < -0.3 is 15.4 Å². The maximum absolute atomic E-state index is 12.8. The number of benzene rings is 1. The molecule has 0 unspecified atom stereocenters. The fourth-order valence-electron chi connectivity index (χ4n) is 3.58.